The Bertz CT molecular complexity index is 328. The van der Waals surface area contributed by atoms with Crippen LogP contribution in [-0.4, -0.2) is 31.2 Å². The average molecular weight is 229 g/mol. The van der Waals surface area contributed by atoms with Gasteiger partial charge in [-0.05, 0) is 13.8 Å². The zero-order chi connectivity index (χ0) is 11.6. The van der Waals surface area contributed by atoms with Crippen LogP contribution in [0.1, 0.15) is 39.4 Å². The first-order valence-corrected chi connectivity index (χ1v) is 6.04. The molecule has 0 fully saturated rings. The predicted molar refractivity (Wildman–Crippen MR) is 62.1 cm³/mol. The second-order valence-electron chi connectivity index (χ2n) is 4.66. The van der Waals surface area contributed by atoms with Crippen molar-refractivity contribution in [3.05, 3.63) is 5.82 Å². The molecule has 0 spiro atoms. The Morgan fingerprint density at radius 1 is 1.40 bits per heavy atom. The fourth-order valence-corrected chi connectivity index (χ4v) is 2.06. The molecule has 0 unspecified atom stereocenters. The fraction of sp³-hybridized carbons (Fsp3) is 0.800. The third-order valence-corrected chi connectivity index (χ3v) is 3.40. The van der Waals surface area contributed by atoms with Gasteiger partial charge in [0, 0.05) is 18.7 Å². The standard InChI is InChI=1S/C10H19N3OS/c1-7(2)8-11-12-9(13(8)5)15-6-10(3,4)14/h7,14H,6H2,1-5H3. The van der Waals surface area contributed by atoms with Gasteiger partial charge in [0.25, 0.3) is 0 Å². The Kier molecular flexibility index (Phi) is 3.78. The first-order valence-electron chi connectivity index (χ1n) is 5.05. The quantitative estimate of drug-likeness (QED) is 0.800. The summed E-state index contributed by atoms with van der Waals surface area (Å²) < 4.78 is 1.99. The maximum absolute atomic E-state index is 9.61. The van der Waals surface area contributed by atoms with E-state index in [4.69, 9.17) is 0 Å². The molecule has 86 valence electrons. The van der Waals surface area contributed by atoms with Crippen LogP contribution in [-0.2, 0) is 7.05 Å². The van der Waals surface area contributed by atoms with Gasteiger partial charge in [0.15, 0.2) is 5.16 Å². The van der Waals surface area contributed by atoms with Crippen molar-refractivity contribution in [2.75, 3.05) is 5.75 Å². The van der Waals surface area contributed by atoms with Crippen molar-refractivity contribution in [3.63, 3.8) is 0 Å². The highest BCUT2D eigenvalue weighted by atomic mass is 32.2. The van der Waals surface area contributed by atoms with Gasteiger partial charge < -0.3 is 9.67 Å². The lowest BCUT2D eigenvalue weighted by molar-refractivity contribution is 0.107. The first kappa shape index (κ1) is 12.5. The van der Waals surface area contributed by atoms with E-state index in [2.05, 4.69) is 24.0 Å². The Balaban J connectivity index is 2.71. The van der Waals surface area contributed by atoms with Gasteiger partial charge in [-0.25, -0.2) is 0 Å². The summed E-state index contributed by atoms with van der Waals surface area (Å²) >= 11 is 1.53. The van der Waals surface area contributed by atoms with E-state index in [0.29, 0.717) is 11.7 Å². The monoisotopic (exact) mass is 229 g/mol. The lowest BCUT2D eigenvalue weighted by Crippen LogP contribution is -2.22. The maximum Gasteiger partial charge on any atom is 0.191 e. The van der Waals surface area contributed by atoms with Crippen LogP contribution in [0.5, 0.6) is 0 Å². The number of hydrogen-bond donors (Lipinski definition) is 1. The molecule has 1 aromatic heterocycles. The van der Waals surface area contributed by atoms with Gasteiger partial charge in [-0.1, -0.05) is 25.6 Å². The van der Waals surface area contributed by atoms with Crippen molar-refractivity contribution in [3.8, 4) is 0 Å². The van der Waals surface area contributed by atoms with Gasteiger partial charge in [-0.2, -0.15) is 0 Å². The van der Waals surface area contributed by atoms with Gasteiger partial charge in [-0.15, -0.1) is 10.2 Å². The molecular weight excluding hydrogens is 210 g/mol. The molecule has 0 atom stereocenters. The summed E-state index contributed by atoms with van der Waals surface area (Å²) in [5, 5.41) is 18.7. The van der Waals surface area contributed by atoms with Gasteiger partial charge >= 0.3 is 0 Å². The Labute approximate surface area is 95.1 Å². The smallest absolute Gasteiger partial charge is 0.191 e. The minimum atomic E-state index is -0.672. The zero-order valence-electron chi connectivity index (χ0n) is 9.98. The van der Waals surface area contributed by atoms with E-state index in [1.807, 2.05) is 11.6 Å². The summed E-state index contributed by atoms with van der Waals surface area (Å²) in [5.41, 5.74) is -0.672. The SMILES string of the molecule is CC(C)c1nnc(SCC(C)(C)O)n1C. The van der Waals surface area contributed by atoms with Gasteiger partial charge in [0.1, 0.15) is 5.82 Å². The third kappa shape index (κ3) is 3.50. The Hall–Kier alpha value is -0.550. The van der Waals surface area contributed by atoms with E-state index in [0.717, 1.165) is 11.0 Å². The minimum Gasteiger partial charge on any atom is -0.390 e. The molecule has 1 heterocycles. The largest absolute Gasteiger partial charge is 0.390 e. The molecule has 0 amide bonds. The van der Waals surface area contributed by atoms with Crippen LogP contribution in [0.25, 0.3) is 0 Å². The van der Waals surface area contributed by atoms with Crippen LogP contribution in [0.15, 0.2) is 5.16 Å². The Morgan fingerprint density at radius 3 is 2.40 bits per heavy atom. The summed E-state index contributed by atoms with van der Waals surface area (Å²) in [5.74, 6) is 1.98. The lowest BCUT2D eigenvalue weighted by Gasteiger charge is -2.15. The van der Waals surface area contributed by atoms with Crippen molar-refractivity contribution in [2.24, 2.45) is 7.05 Å². The fourth-order valence-electron chi connectivity index (χ4n) is 1.20. The topological polar surface area (TPSA) is 50.9 Å². The number of nitrogens with zero attached hydrogens (tertiary/aromatic N) is 3. The van der Waals surface area contributed by atoms with E-state index in [1.54, 1.807) is 13.8 Å². The Morgan fingerprint density at radius 2 is 2.00 bits per heavy atom. The van der Waals surface area contributed by atoms with E-state index >= 15 is 0 Å². The van der Waals surface area contributed by atoms with E-state index in [1.165, 1.54) is 11.8 Å². The molecule has 5 heteroatoms. The summed E-state index contributed by atoms with van der Waals surface area (Å²) in [6, 6.07) is 0. The molecule has 1 N–H and O–H groups in total. The normalized spacial score (nSPS) is 12.5. The third-order valence-electron chi connectivity index (χ3n) is 1.94. The highest BCUT2D eigenvalue weighted by Gasteiger charge is 2.17. The number of thioether (sulfide) groups is 1. The van der Waals surface area contributed by atoms with Crippen molar-refractivity contribution in [1.82, 2.24) is 14.8 Å². The molecular formula is C10H19N3OS. The lowest BCUT2D eigenvalue weighted by atomic mass is 10.2. The van der Waals surface area contributed by atoms with Crippen LogP contribution >= 0.6 is 11.8 Å². The predicted octanol–water partition coefficient (Wildman–Crippen LogP) is 1.80. The maximum atomic E-state index is 9.61. The molecule has 15 heavy (non-hydrogen) atoms. The number of aliphatic hydroxyl groups is 1. The summed E-state index contributed by atoms with van der Waals surface area (Å²) in [7, 11) is 1.96. The molecule has 4 nitrogen and oxygen atoms in total. The van der Waals surface area contributed by atoms with Crippen molar-refractivity contribution >= 4 is 11.8 Å². The van der Waals surface area contributed by atoms with E-state index in [-0.39, 0.29) is 0 Å². The molecule has 0 aliphatic carbocycles. The average Bonchev–Trinajstić information content (AvgIpc) is 2.42. The van der Waals surface area contributed by atoms with Crippen LogP contribution in [0.3, 0.4) is 0 Å². The second-order valence-corrected chi connectivity index (χ2v) is 5.60. The molecule has 1 rings (SSSR count). The van der Waals surface area contributed by atoms with Crippen LogP contribution in [0, 0.1) is 0 Å². The molecule has 0 saturated carbocycles. The molecule has 1 aromatic rings. The van der Waals surface area contributed by atoms with Crippen LogP contribution in [0.4, 0.5) is 0 Å². The van der Waals surface area contributed by atoms with Gasteiger partial charge in [-0.3, -0.25) is 0 Å². The van der Waals surface area contributed by atoms with E-state index < -0.39 is 5.60 Å². The molecule has 0 radical (unpaired) electrons. The van der Waals surface area contributed by atoms with Crippen LogP contribution in [0.2, 0.25) is 0 Å². The zero-order valence-corrected chi connectivity index (χ0v) is 10.8. The number of rotatable bonds is 4. The summed E-state index contributed by atoms with van der Waals surface area (Å²) in [6.45, 7) is 7.77. The van der Waals surface area contributed by atoms with Crippen molar-refractivity contribution in [2.45, 2.75) is 44.4 Å². The molecule has 0 aliphatic heterocycles. The number of aromatic nitrogens is 3. The summed E-state index contributed by atoms with van der Waals surface area (Å²) in [6.07, 6.45) is 0. The minimum absolute atomic E-state index is 0.374. The second kappa shape index (κ2) is 4.53. The van der Waals surface area contributed by atoms with Crippen molar-refractivity contribution < 1.29 is 5.11 Å². The highest BCUT2D eigenvalue weighted by molar-refractivity contribution is 7.99. The van der Waals surface area contributed by atoms with Crippen molar-refractivity contribution in [1.29, 1.82) is 0 Å². The van der Waals surface area contributed by atoms with Crippen LogP contribution < -0.4 is 0 Å². The molecule has 0 aromatic carbocycles. The molecule has 0 saturated heterocycles. The van der Waals surface area contributed by atoms with Gasteiger partial charge in [0.2, 0.25) is 0 Å². The number of hydrogen-bond acceptors (Lipinski definition) is 4. The highest BCUT2D eigenvalue weighted by Crippen LogP contribution is 2.22. The first-order chi connectivity index (χ1) is 6.81. The van der Waals surface area contributed by atoms with E-state index in [9.17, 15) is 5.11 Å². The summed E-state index contributed by atoms with van der Waals surface area (Å²) in [4.78, 5) is 0. The molecule has 0 bridgehead atoms. The molecule has 0 aliphatic rings. The van der Waals surface area contributed by atoms with Gasteiger partial charge in [0.05, 0.1) is 5.60 Å².